The zero-order valence-electron chi connectivity index (χ0n) is 9.39. The fourth-order valence-corrected chi connectivity index (χ4v) is 2.41. The summed E-state index contributed by atoms with van der Waals surface area (Å²) in [5, 5.41) is 9.66. The number of fused-ring (bicyclic) bond motifs is 1. The van der Waals surface area contributed by atoms with Crippen molar-refractivity contribution >= 4 is 34.3 Å². The zero-order chi connectivity index (χ0) is 12.4. The van der Waals surface area contributed by atoms with Crippen LogP contribution in [0, 0.1) is 0 Å². The van der Waals surface area contributed by atoms with Gasteiger partial charge in [-0.05, 0) is 12.1 Å². The molecule has 0 aliphatic rings. The van der Waals surface area contributed by atoms with Crippen LogP contribution >= 0.6 is 23.4 Å². The molecule has 1 N–H and O–H groups in total. The van der Waals surface area contributed by atoms with Gasteiger partial charge in [-0.25, -0.2) is 0 Å². The third kappa shape index (κ3) is 2.23. The summed E-state index contributed by atoms with van der Waals surface area (Å²) in [6, 6.07) is 10.0. The first-order valence-corrected chi connectivity index (χ1v) is 6.99. The number of para-hydroxylation sites is 1. The molecule has 0 saturated carbocycles. The summed E-state index contributed by atoms with van der Waals surface area (Å²) in [4.78, 5) is 3.25. The summed E-state index contributed by atoms with van der Waals surface area (Å²) in [5.74, 6) is 1.83. The lowest BCUT2D eigenvalue weighted by atomic mass is 10.2. The van der Waals surface area contributed by atoms with E-state index in [9.17, 15) is 0 Å². The Hall–Kier alpha value is -1.46. The second-order valence-corrected chi connectivity index (χ2v) is 5.10. The molecule has 2 aromatic heterocycles. The Morgan fingerprint density at radius 2 is 2.17 bits per heavy atom. The Labute approximate surface area is 113 Å². The molecule has 0 fully saturated rings. The van der Waals surface area contributed by atoms with E-state index in [1.807, 2.05) is 30.3 Å². The number of halogens is 1. The second-order valence-electron chi connectivity index (χ2n) is 3.68. The number of H-pyrrole nitrogens is 1. The van der Waals surface area contributed by atoms with Gasteiger partial charge in [-0.15, -0.1) is 21.8 Å². The predicted octanol–water partition coefficient (Wildman–Crippen LogP) is 3.55. The average Bonchev–Trinajstić information content (AvgIpc) is 3.02. The van der Waals surface area contributed by atoms with E-state index in [-0.39, 0.29) is 0 Å². The van der Waals surface area contributed by atoms with E-state index in [1.165, 1.54) is 11.8 Å². The third-order valence-corrected chi connectivity index (χ3v) is 3.70. The molecule has 92 valence electrons. The van der Waals surface area contributed by atoms with Crippen molar-refractivity contribution in [3.05, 3.63) is 30.3 Å². The molecule has 0 bridgehead atoms. The number of aromatic amines is 1. The fraction of sp³-hybridized carbons (Fsp3) is 0.167. The summed E-state index contributed by atoms with van der Waals surface area (Å²) in [6.07, 6.45) is 0. The molecule has 0 amide bonds. The first-order chi connectivity index (χ1) is 8.86. The first-order valence-electron chi connectivity index (χ1n) is 5.47. The molecule has 1 aromatic carbocycles. The van der Waals surface area contributed by atoms with Crippen LogP contribution in [0.4, 0.5) is 0 Å². The summed E-state index contributed by atoms with van der Waals surface area (Å²) in [7, 11) is 0. The van der Waals surface area contributed by atoms with Crippen molar-refractivity contribution in [2.24, 2.45) is 0 Å². The number of rotatable bonds is 4. The molecule has 0 radical (unpaired) electrons. The average molecular weight is 280 g/mol. The van der Waals surface area contributed by atoms with Crippen LogP contribution in [0.2, 0.25) is 0 Å². The quantitative estimate of drug-likeness (QED) is 0.586. The summed E-state index contributed by atoms with van der Waals surface area (Å²) >= 11 is 7.07. The summed E-state index contributed by atoms with van der Waals surface area (Å²) in [5.41, 5.74) is 1.89. The molecule has 0 aliphatic carbocycles. The van der Waals surface area contributed by atoms with Crippen molar-refractivity contribution in [2.75, 3.05) is 11.6 Å². The normalized spacial score (nSPS) is 11.2. The van der Waals surface area contributed by atoms with Crippen LogP contribution in [-0.4, -0.2) is 26.8 Å². The highest BCUT2D eigenvalue weighted by molar-refractivity contribution is 7.99. The highest BCUT2D eigenvalue weighted by Crippen LogP contribution is 2.25. The van der Waals surface area contributed by atoms with E-state index in [1.54, 1.807) is 0 Å². The van der Waals surface area contributed by atoms with E-state index in [0.29, 0.717) is 17.0 Å². The van der Waals surface area contributed by atoms with Crippen molar-refractivity contribution in [2.45, 2.75) is 5.22 Å². The van der Waals surface area contributed by atoms with Gasteiger partial charge in [0.25, 0.3) is 11.1 Å². The third-order valence-electron chi connectivity index (χ3n) is 2.47. The molecular weight excluding hydrogens is 270 g/mol. The van der Waals surface area contributed by atoms with E-state index in [0.717, 1.165) is 22.3 Å². The van der Waals surface area contributed by atoms with Crippen LogP contribution in [0.25, 0.3) is 22.5 Å². The number of nitrogens with zero attached hydrogens (tertiary/aromatic N) is 2. The highest BCUT2D eigenvalue weighted by atomic mass is 35.5. The molecular formula is C12H10ClN3OS. The van der Waals surface area contributed by atoms with Gasteiger partial charge in [0, 0.05) is 22.5 Å². The van der Waals surface area contributed by atoms with Crippen molar-refractivity contribution in [1.82, 2.24) is 15.2 Å². The monoisotopic (exact) mass is 279 g/mol. The Balaban J connectivity index is 1.91. The highest BCUT2D eigenvalue weighted by Gasteiger charge is 2.11. The van der Waals surface area contributed by atoms with Gasteiger partial charge >= 0.3 is 0 Å². The van der Waals surface area contributed by atoms with Gasteiger partial charge in [0.2, 0.25) is 0 Å². The number of thioether (sulfide) groups is 1. The Bertz CT molecular complexity index is 631. The van der Waals surface area contributed by atoms with Crippen molar-refractivity contribution in [1.29, 1.82) is 0 Å². The minimum Gasteiger partial charge on any atom is -0.410 e. The van der Waals surface area contributed by atoms with Gasteiger partial charge in [-0.2, -0.15) is 0 Å². The lowest BCUT2D eigenvalue weighted by molar-refractivity contribution is 0.465. The maximum Gasteiger partial charge on any atom is 0.276 e. The fourth-order valence-electron chi connectivity index (χ4n) is 1.69. The van der Waals surface area contributed by atoms with Gasteiger partial charge in [0.15, 0.2) is 0 Å². The molecule has 18 heavy (non-hydrogen) atoms. The molecule has 4 nitrogen and oxygen atoms in total. The van der Waals surface area contributed by atoms with Crippen LogP contribution < -0.4 is 0 Å². The lowest BCUT2D eigenvalue weighted by Gasteiger charge is -1.89. The van der Waals surface area contributed by atoms with Crippen molar-refractivity contribution in [3.63, 3.8) is 0 Å². The molecule has 0 atom stereocenters. The molecule has 0 aliphatic heterocycles. The maximum absolute atomic E-state index is 5.61. The van der Waals surface area contributed by atoms with Gasteiger partial charge < -0.3 is 9.40 Å². The van der Waals surface area contributed by atoms with Gasteiger partial charge in [0.1, 0.15) is 5.69 Å². The van der Waals surface area contributed by atoms with Crippen LogP contribution in [0.15, 0.2) is 40.0 Å². The molecule has 3 aromatic rings. The number of benzene rings is 1. The Kier molecular flexibility index (Phi) is 3.25. The van der Waals surface area contributed by atoms with Crippen molar-refractivity contribution in [3.8, 4) is 11.6 Å². The first kappa shape index (κ1) is 11.6. The van der Waals surface area contributed by atoms with Crippen LogP contribution in [0.1, 0.15) is 0 Å². The Morgan fingerprint density at radius 3 is 3.00 bits per heavy atom. The van der Waals surface area contributed by atoms with Gasteiger partial charge in [0.05, 0.1) is 0 Å². The maximum atomic E-state index is 5.61. The molecule has 0 spiro atoms. The van der Waals surface area contributed by atoms with Crippen LogP contribution in [0.3, 0.4) is 0 Å². The molecule has 0 unspecified atom stereocenters. The van der Waals surface area contributed by atoms with Crippen molar-refractivity contribution < 1.29 is 4.42 Å². The number of aromatic nitrogens is 3. The standard InChI is InChI=1S/C12H10ClN3OS/c13-5-6-18-12-16-15-11(17-12)10-7-8-3-1-2-4-9(8)14-10/h1-4,7,14H,5-6H2. The van der Waals surface area contributed by atoms with Crippen LogP contribution in [-0.2, 0) is 0 Å². The summed E-state index contributed by atoms with van der Waals surface area (Å²) < 4.78 is 5.55. The van der Waals surface area contributed by atoms with E-state index in [2.05, 4.69) is 15.2 Å². The van der Waals surface area contributed by atoms with Gasteiger partial charge in [-0.3, -0.25) is 0 Å². The van der Waals surface area contributed by atoms with E-state index >= 15 is 0 Å². The largest absolute Gasteiger partial charge is 0.410 e. The number of hydrogen-bond donors (Lipinski definition) is 1. The molecule has 6 heteroatoms. The number of nitrogens with one attached hydrogen (secondary N) is 1. The number of alkyl halides is 1. The predicted molar refractivity (Wildman–Crippen MR) is 73.0 cm³/mol. The minimum absolute atomic E-state index is 0.503. The zero-order valence-corrected chi connectivity index (χ0v) is 11.0. The molecule has 0 saturated heterocycles. The second kappa shape index (κ2) is 5.04. The molecule has 3 rings (SSSR count). The lowest BCUT2D eigenvalue weighted by Crippen LogP contribution is -1.78. The Morgan fingerprint density at radius 1 is 1.28 bits per heavy atom. The number of hydrogen-bond acceptors (Lipinski definition) is 4. The van der Waals surface area contributed by atoms with E-state index < -0.39 is 0 Å². The smallest absolute Gasteiger partial charge is 0.276 e. The molecule has 2 heterocycles. The topological polar surface area (TPSA) is 54.7 Å². The van der Waals surface area contributed by atoms with E-state index in [4.69, 9.17) is 16.0 Å². The SMILES string of the molecule is ClCCSc1nnc(-c2cc3ccccc3[nH]2)o1. The van der Waals surface area contributed by atoms with Crippen LogP contribution in [0.5, 0.6) is 0 Å². The van der Waals surface area contributed by atoms with Gasteiger partial charge in [-0.1, -0.05) is 30.0 Å². The summed E-state index contributed by atoms with van der Waals surface area (Å²) in [6.45, 7) is 0. The minimum atomic E-state index is 0.503.